The molecule has 0 saturated carbocycles. The number of urea groups is 1. The molecular weight excluding hydrogens is 314 g/mol. The van der Waals surface area contributed by atoms with Gasteiger partial charge >= 0.3 is 6.03 Å². The molecule has 1 aliphatic rings. The van der Waals surface area contributed by atoms with Gasteiger partial charge < -0.3 is 16.0 Å². The molecule has 0 aromatic heterocycles. The summed E-state index contributed by atoms with van der Waals surface area (Å²) in [5, 5.41) is 5.50. The second kappa shape index (κ2) is 7.55. The van der Waals surface area contributed by atoms with E-state index in [4.69, 9.17) is 5.73 Å². The van der Waals surface area contributed by atoms with Gasteiger partial charge in [-0.3, -0.25) is 4.79 Å². The van der Waals surface area contributed by atoms with Crippen molar-refractivity contribution >= 4 is 22.7 Å². The topological polar surface area (TPSA) is 75.4 Å². The molecule has 1 heterocycles. The van der Waals surface area contributed by atoms with Crippen LogP contribution in [0.3, 0.4) is 0 Å². The highest BCUT2D eigenvalue weighted by atomic mass is 16.2. The maximum atomic E-state index is 12.4. The molecule has 2 aromatic carbocycles. The molecule has 0 aliphatic carbocycles. The van der Waals surface area contributed by atoms with E-state index in [1.165, 1.54) is 16.3 Å². The summed E-state index contributed by atoms with van der Waals surface area (Å²) in [5.41, 5.74) is 6.54. The van der Waals surface area contributed by atoms with Crippen molar-refractivity contribution in [2.45, 2.75) is 32.2 Å². The van der Waals surface area contributed by atoms with Crippen LogP contribution in [0, 0.1) is 5.92 Å². The number of hydrogen-bond donors (Lipinski definition) is 2. The first-order chi connectivity index (χ1) is 12.0. The molecule has 3 N–H and O–H groups in total. The number of rotatable bonds is 4. The third kappa shape index (κ3) is 4.29. The lowest BCUT2D eigenvalue weighted by Gasteiger charge is -2.31. The molecule has 1 aliphatic heterocycles. The van der Waals surface area contributed by atoms with E-state index in [-0.39, 0.29) is 23.9 Å². The molecule has 132 valence electrons. The fourth-order valence-corrected chi connectivity index (χ4v) is 3.44. The standard InChI is InChI=1S/C20H25N3O2/c1-14(12-15-6-7-16-4-2-3-5-18(16)13-15)22-20(25)23-10-8-17(9-11-23)19(21)24/h2-7,13-14,17H,8-12H2,1H3,(H2,21,24)(H,22,25). The molecule has 0 spiro atoms. The number of carbonyl (C=O) groups is 2. The first-order valence-electron chi connectivity index (χ1n) is 8.85. The second-order valence-electron chi connectivity index (χ2n) is 6.90. The van der Waals surface area contributed by atoms with Crippen molar-refractivity contribution in [2.24, 2.45) is 11.7 Å². The van der Waals surface area contributed by atoms with E-state index in [9.17, 15) is 9.59 Å². The normalized spacial score (nSPS) is 16.6. The SMILES string of the molecule is CC(Cc1ccc2ccccc2c1)NC(=O)N1CCC(C(N)=O)CC1. The van der Waals surface area contributed by atoms with Crippen LogP contribution >= 0.6 is 0 Å². The highest BCUT2D eigenvalue weighted by Crippen LogP contribution is 2.18. The molecule has 0 radical (unpaired) electrons. The van der Waals surface area contributed by atoms with Gasteiger partial charge in [0.25, 0.3) is 0 Å². The maximum absolute atomic E-state index is 12.4. The summed E-state index contributed by atoms with van der Waals surface area (Å²) in [7, 11) is 0. The lowest BCUT2D eigenvalue weighted by Crippen LogP contribution is -2.48. The van der Waals surface area contributed by atoms with Crippen molar-refractivity contribution in [2.75, 3.05) is 13.1 Å². The van der Waals surface area contributed by atoms with Crippen molar-refractivity contribution in [1.82, 2.24) is 10.2 Å². The molecule has 5 heteroatoms. The molecule has 5 nitrogen and oxygen atoms in total. The van der Waals surface area contributed by atoms with Gasteiger partial charge in [0, 0.05) is 25.0 Å². The summed E-state index contributed by atoms with van der Waals surface area (Å²) in [6.07, 6.45) is 2.10. The second-order valence-corrected chi connectivity index (χ2v) is 6.90. The van der Waals surface area contributed by atoms with E-state index in [1.807, 2.05) is 19.1 Å². The Kier molecular flexibility index (Phi) is 5.22. The van der Waals surface area contributed by atoms with Crippen LogP contribution in [0.15, 0.2) is 42.5 Å². The van der Waals surface area contributed by atoms with Crippen molar-refractivity contribution in [3.05, 3.63) is 48.0 Å². The Hall–Kier alpha value is -2.56. The maximum Gasteiger partial charge on any atom is 0.317 e. The number of likely N-dealkylation sites (tertiary alicyclic amines) is 1. The summed E-state index contributed by atoms with van der Waals surface area (Å²) in [6, 6.07) is 14.7. The third-order valence-electron chi connectivity index (χ3n) is 4.91. The van der Waals surface area contributed by atoms with Crippen molar-refractivity contribution in [3.8, 4) is 0 Å². The number of benzene rings is 2. The van der Waals surface area contributed by atoms with Gasteiger partial charge in [-0.2, -0.15) is 0 Å². The molecule has 1 fully saturated rings. The summed E-state index contributed by atoms with van der Waals surface area (Å²) in [5.74, 6) is -0.358. The first kappa shape index (κ1) is 17.3. The van der Waals surface area contributed by atoms with E-state index in [1.54, 1.807) is 4.90 Å². The molecule has 1 atom stereocenters. The van der Waals surface area contributed by atoms with Gasteiger partial charge in [-0.05, 0) is 42.5 Å². The number of nitrogens with two attached hydrogens (primary N) is 1. The van der Waals surface area contributed by atoms with Gasteiger partial charge in [0.05, 0.1) is 0 Å². The van der Waals surface area contributed by atoms with Gasteiger partial charge in [0.15, 0.2) is 0 Å². The predicted octanol–water partition coefficient (Wildman–Crippen LogP) is 2.68. The van der Waals surface area contributed by atoms with Crippen LogP contribution in [-0.4, -0.2) is 36.0 Å². The Balaban J connectivity index is 1.53. The molecule has 1 saturated heterocycles. The number of nitrogens with zero attached hydrogens (tertiary/aromatic N) is 1. The number of nitrogens with one attached hydrogen (secondary N) is 1. The summed E-state index contributed by atoms with van der Waals surface area (Å²) >= 11 is 0. The molecule has 25 heavy (non-hydrogen) atoms. The largest absolute Gasteiger partial charge is 0.369 e. The van der Waals surface area contributed by atoms with Crippen LogP contribution in [-0.2, 0) is 11.2 Å². The minimum atomic E-state index is -0.260. The number of fused-ring (bicyclic) bond motifs is 1. The number of carbonyl (C=O) groups excluding carboxylic acids is 2. The highest BCUT2D eigenvalue weighted by molar-refractivity contribution is 5.83. The van der Waals surface area contributed by atoms with E-state index < -0.39 is 0 Å². The molecule has 2 aromatic rings. The number of piperidine rings is 1. The Labute approximate surface area is 148 Å². The highest BCUT2D eigenvalue weighted by Gasteiger charge is 2.26. The number of primary amides is 1. The first-order valence-corrected chi connectivity index (χ1v) is 8.85. The molecular formula is C20H25N3O2. The zero-order valence-corrected chi connectivity index (χ0v) is 14.6. The average Bonchev–Trinajstić information content (AvgIpc) is 2.61. The Morgan fingerprint density at radius 3 is 2.52 bits per heavy atom. The molecule has 1 unspecified atom stereocenters. The smallest absolute Gasteiger partial charge is 0.317 e. The summed E-state index contributed by atoms with van der Waals surface area (Å²) in [6.45, 7) is 3.19. The van der Waals surface area contributed by atoms with Crippen molar-refractivity contribution in [1.29, 1.82) is 0 Å². The molecule has 3 amide bonds. The Morgan fingerprint density at radius 1 is 1.16 bits per heavy atom. The molecule has 3 rings (SSSR count). The quantitative estimate of drug-likeness (QED) is 0.898. The van der Waals surface area contributed by atoms with Crippen LogP contribution in [0.4, 0.5) is 4.79 Å². The molecule has 0 bridgehead atoms. The van der Waals surface area contributed by atoms with Gasteiger partial charge in [-0.25, -0.2) is 4.79 Å². The third-order valence-corrected chi connectivity index (χ3v) is 4.91. The minimum absolute atomic E-state index is 0.0440. The van der Waals surface area contributed by atoms with Crippen LogP contribution in [0.1, 0.15) is 25.3 Å². The summed E-state index contributed by atoms with van der Waals surface area (Å²) < 4.78 is 0. The lowest BCUT2D eigenvalue weighted by molar-refractivity contribution is -0.123. The van der Waals surface area contributed by atoms with E-state index >= 15 is 0 Å². The lowest BCUT2D eigenvalue weighted by atomic mass is 9.96. The fourth-order valence-electron chi connectivity index (χ4n) is 3.44. The zero-order valence-electron chi connectivity index (χ0n) is 14.6. The monoisotopic (exact) mass is 339 g/mol. The van der Waals surface area contributed by atoms with Crippen LogP contribution < -0.4 is 11.1 Å². The number of hydrogen-bond acceptors (Lipinski definition) is 2. The van der Waals surface area contributed by atoms with E-state index in [0.29, 0.717) is 25.9 Å². The Bertz CT molecular complexity index is 766. The van der Waals surface area contributed by atoms with Crippen LogP contribution in [0.5, 0.6) is 0 Å². The summed E-state index contributed by atoms with van der Waals surface area (Å²) in [4.78, 5) is 25.4. The Morgan fingerprint density at radius 2 is 1.84 bits per heavy atom. The van der Waals surface area contributed by atoms with E-state index in [0.717, 1.165) is 6.42 Å². The van der Waals surface area contributed by atoms with Crippen molar-refractivity contribution in [3.63, 3.8) is 0 Å². The van der Waals surface area contributed by atoms with Crippen LogP contribution in [0.25, 0.3) is 10.8 Å². The average molecular weight is 339 g/mol. The van der Waals surface area contributed by atoms with Gasteiger partial charge in [0.1, 0.15) is 0 Å². The minimum Gasteiger partial charge on any atom is -0.369 e. The fraction of sp³-hybridized carbons (Fsp3) is 0.400. The van der Waals surface area contributed by atoms with E-state index in [2.05, 4.69) is 35.6 Å². The van der Waals surface area contributed by atoms with Gasteiger partial charge in [-0.15, -0.1) is 0 Å². The van der Waals surface area contributed by atoms with Gasteiger partial charge in [-0.1, -0.05) is 42.5 Å². The zero-order chi connectivity index (χ0) is 17.8. The number of amides is 3. The van der Waals surface area contributed by atoms with Crippen molar-refractivity contribution < 1.29 is 9.59 Å². The predicted molar refractivity (Wildman–Crippen MR) is 99.1 cm³/mol. The van der Waals surface area contributed by atoms with Gasteiger partial charge in [0.2, 0.25) is 5.91 Å². The van der Waals surface area contributed by atoms with Crippen LogP contribution in [0.2, 0.25) is 0 Å².